The van der Waals surface area contributed by atoms with E-state index in [1.165, 1.54) is 6.08 Å². The van der Waals surface area contributed by atoms with Gasteiger partial charge in [0.05, 0.1) is 0 Å². The molecule has 1 aromatic rings. The van der Waals surface area contributed by atoms with Gasteiger partial charge in [-0.3, -0.25) is 0 Å². The first-order valence-corrected chi connectivity index (χ1v) is 4.99. The summed E-state index contributed by atoms with van der Waals surface area (Å²) in [7, 11) is 0. The molecule has 15 heavy (non-hydrogen) atoms. The molecule has 0 amide bonds. The Labute approximate surface area is 89.3 Å². The Balaban J connectivity index is 2.26. The molecule has 1 rings (SSSR count). The van der Waals surface area contributed by atoms with Crippen molar-refractivity contribution in [2.75, 3.05) is 0 Å². The number of rotatable bonds is 5. The number of unbranched alkanes of at least 4 members (excludes halogenated alkanes) is 1. The van der Waals surface area contributed by atoms with Crippen molar-refractivity contribution in [2.24, 2.45) is 0 Å². The van der Waals surface area contributed by atoms with Crippen molar-refractivity contribution in [1.29, 1.82) is 0 Å². The van der Waals surface area contributed by atoms with E-state index in [9.17, 15) is 5.11 Å². The Hall–Kier alpha value is -1.32. The second-order valence-electron chi connectivity index (χ2n) is 3.40. The van der Waals surface area contributed by atoms with Crippen LogP contribution in [0.2, 0.25) is 0 Å². The number of aliphatic hydroxyl groups is 2. The van der Waals surface area contributed by atoms with Crippen LogP contribution in [0.15, 0.2) is 36.4 Å². The number of phenolic OH excluding ortho intramolecular Hbond substituents is 1. The molecule has 0 radical (unpaired) electrons. The van der Waals surface area contributed by atoms with Crippen molar-refractivity contribution < 1.29 is 15.3 Å². The van der Waals surface area contributed by atoms with Crippen molar-refractivity contribution in [3.05, 3.63) is 42.0 Å². The van der Waals surface area contributed by atoms with E-state index in [0.29, 0.717) is 0 Å². The normalized spacial score (nSPS) is 11.4. The maximum Gasteiger partial charge on any atom is 0.171 e. The van der Waals surface area contributed by atoms with E-state index in [1.54, 1.807) is 18.2 Å². The molecule has 1 aromatic carbocycles. The summed E-state index contributed by atoms with van der Waals surface area (Å²) < 4.78 is 0. The van der Waals surface area contributed by atoms with Gasteiger partial charge in [0.2, 0.25) is 0 Å². The second-order valence-corrected chi connectivity index (χ2v) is 3.40. The molecule has 0 saturated heterocycles. The summed E-state index contributed by atoms with van der Waals surface area (Å²) in [6.07, 6.45) is 4.33. The molecule has 0 bridgehead atoms. The summed E-state index contributed by atoms with van der Waals surface area (Å²) in [5.41, 5.74) is 1.09. The SMILES string of the molecule is Oc1cccc(CCCC=CC(O)O)c1. The third-order valence-electron chi connectivity index (χ3n) is 2.06. The highest BCUT2D eigenvalue weighted by Crippen LogP contribution is 2.13. The molecule has 0 atom stereocenters. The molecule has 0 aliphatic rings. The molecule has 3 heteroatoms. The lowest BCUT2D eigenvalue weighted by molar-refractivity contribution is 0.00216. The Morgan fingerprint density at radius 1 is 1.27 bits per heavy atom. The minimum absolute atomic E-state index is 0.286. The van der Waals surface area contributed by atoms with Crippen LogP contribution in [0.4, 0.5) is 0 Å². The summed E-state index contributed by atoms with van der Waals surface area (Å²) in [6.45, 7) is 0. The number of hydrogen-bond donors (Lipinski definition) is 3. The topological polar surface area (TPSA) is 60.7 Å². The van der Waals surface area contributed by atoms with Crippen LogP contribution in [0.25, 0.3) is 0 Å². The van der Waals surface area contributed by atoms with Crippen LogP contribution in [0.1, 0.15) is 18.4 Å². The van der Waals surface area contributed by atoms with Gasteiger partial charge in [-0.1, -0.05) is 18.2 Å². The molecule has 0 heterocycles. The van der Waals surface area contributed by atoms with E-state index in [-0.39, 0.29) is 5.75 Å². The predicted octanol–water partition coefficient (Wildman–Crippen LogP) is 1.58. The van der Waals surface area contributed by atoms with Crippen molar-refractivity contribution in [2.45, 2.75) is 25.6 Å². The van der Waals surface area contributed by atoms with Crippen LogP contribution in [-0.4, -0.2) is 21.6 Å². The van der Waals surface area contributed by atoms with Gasteiger partial charge in [0, 0.05) is 0 Å². The van der Waals surface area contributed by atoms with Gasteiger partial charge in [-0.25, -0.2) is 0 Å². The molecule has 0 unspecified atom stereocenters. The van der Waals surface area contributed by atoms with Crippen molar-refractivity contribution in [3.63, 3.8) is 0 Å². The van der Waals surface area contributed by atoms with Gasteiger partial charge >= 0.3 is 0 Å². The molecule has 0 saturated carbocycles. The van der Waals surface area contributed by atoms with Gasteiger partial charge in [0.15, 0.2) is 6.29 Å². The Morgan fingerprint density at radius 2 is 2.07 bits per heavy atom. The average molecular weight is 208 g/mol. The Bertz CT molecular complexity index is 318. The van der Waals surface area contributed by atoms with Gasteiger partial charge in [-0.15, -0.1) is 0 Å². The molecular weight excluding hydrogens is 192 g/mol. The second kappa shape index (κ2) is 6.22. The molecule has 0 fully saturated rings. The third-order valence-corrected chi connectivity index (χ3v) is 2.06. The van der Waals surface area contributed by atoms with Crippen molar-refractivity contribution >= 4 is 0 Å². The van der Waals surface area contributed by atoms with E-state index in [0.717, 1.165) is 24.8 Å². The van der Waals surface area contributed by atoms with Crippen LogP contribution in [-0.2, 0) is 6.42 Å². The minimum atomic E-state index is -1.36. The Kier molecular flexibility index (Phi) is 4.87. The number of aromatic hydroxyl groups is 1. The molecule has 3 N–H and O–H groups in total. The zero-order valence-electron chi connectivity index (χ0n) is 8.50. The van der Waals surface area contributed by atoms with Crippen LogP contribution in [0.3, 0.4) is 0 Å². The van der Waals surface area contributed by atoms with E-state index < -0.39 is 6.29 Å². The lowest BCUT2D eigenvalue weighted by atomic mass is 10.1. The fourth-order valence-corrected chi connectivity index (χ4v) is 1.35. The number of aryl methyl sites for hydroxylation is 1. The van der Waals surface area contributed by atoms with Crippen LogP contribution in [0.5, 0.6) is 5.75 Å². The zero-order chi connectivity index (χ0) is 11.1. The first-order chi connectivity index (χ1) is 7.18. The smallest absolute Gasteiger partial charge is 0.171 e. The highest BCUT2D eigenvalue weighted by atomic mass is 16.5. The number of allylic oxidation sites excluding steroid dienone is 1. The van der Waals surface area contributed by atoms with Crippen LogP contribution in [0, 0.1) is 0 Å². The molecular formula is C12H16O3. The summed E-state index contributed by atoms with van der Waals surface area (Å²) in [5.74, 6) is 0.286. The number of aliphatic hydroxyl groups excluding tert-OH is 1. The standard InChI is InChI=1S/C12H16O3/c13-11-7-4-6-10(9-11)5-2-1-3-8-12(14)15/h3-4,6-9,12-15H,1-2,5H2. The third kappa shape index (κ3) is 5.20. The van der Waals surface area contributed by atoms with Crippen LogP contribution >= 0.6 is 0 Å². The largest absolute Gasteiger partial charge is 0.508 e. The van der Waals surface area contributed by atoms with E-state index in [4.69, 9.17) is 10.2 Å². The lowest BCUT2D eigenvalue weighted by Gasteiger charge is -2.00. The molecule has 0 aliphatic heterocycles. The van der Waals surface area contributed by atoms with Gasteiger partial charge in [0.25, 0.3) is 0 Å². The quantitative estimate of drug-likeness (QED) is 0.391. The van der Waals surface area contributed by atoms with Gasteiger partial charge < -0.3 is 15.3 Å². The molecule has 0 aliphatic carbocycles. The maximum absolute atomic E-state index is 9.21. The highest BCUT2D eigenvalue weighted by molar-refractivity contribution is 5.27. The summed E-state index contributed by atoms with van der Waals surface area (Å²) in [6, 6.07) is 7.17. The zero-order valence-corrected chi connectivity index (χ0v) is 8.50. The number of phenols is 1. The van der Waals surface area contributed by atoms with Gasteiger partial charge in [-0.2, -0.15) is 0 Å². The first kappa shape index (κ1) is 11.8. The average Bonchev–Trinajstić information content (AvgIpc) is 2.17. The molecule has 0 aromatic heterocycles. The van der Waals surface area contributed by atoms with Gasteiger partial charge in [-0.05, 0) is 43.0 Å². The lowest BCUT2D eigenvalue weighted by Crippen LogP contribution is -1.97. The molecule has 0 spiro atoms. The van der Waals surface area contributed by atoms with E-state index in [1.807, 2.05) is 12.1 Å². The maximum atomic E-state index is 9.21. The first-order valence-electron chi connectivity index (χ1n) is 4.99. The van der Waals surface area contributed by atoms with E-state index >= 15 is 0 Å². The Morgan fingerprint density at radius 3 is 2.73 bits per heavy atom. The van der Waals surface area contributed by atoms with Gasteiger partial charge in [0.1, 0.15) is 5.75 Å². The minimum Gasteiger partial charge on any atom is -0.508 e. The number of benzene rings is 1. The molecule has 82 valence electrons. The fourth-order valence-electron chi connectivity index (χ4n) is 1.35. The molecule has 3 nitrogen and oxygen atoms in total. The monoisotopic (exact) mass is 208 g/mol. The van der Waals surface area contributed by atoms with Crippen molar-refractivity contribution in [3.8, 4) is 5.75 Å². The highest BCUT2D eigenvalue weighted by Gasteiger charge is 1.94. The summed E-state index contributed by atoms with van der Waals surface area (Å²) in [5, 5.41) is 26.3. The summed E-state index contributed by atoms with van der Waals surface area (Å²) in [4.78, 5) is 0. The summed E-state index contributed by atoms with van der Waals surface area (Å²) >= 11 is 0. The fraction of sp³-hybridized carbons (Fsp3) is 0.333. The number of hydrogen-bond acceptors (Lipinski definition) is 3. The van der Waals surface area contributed by atoms with Crippen molar-refractivity contribution in [1.82, 2.24) is 0 Å². The predicted molar refractivity (Wildman–Crippen MR) is 58.4 cm³/mol. The van der Waals surface area contributed by atoms with E-state index in [2.05, 4.69) is 0 Å². The van der Waals surface area contributed by atoms with Crippen LogP contribution < -0.4 is 0 Å².